The molecule has 0 saturated heterocycles. The Morgan fingerprint density at radius 2 is 1.47 bits per heavy atom. The van der Waals surface area contributed by atoms with Gasteiger partial charge in [-0.15, -0.1) is 11.8 Å². The zero-order valence-corrected chi connectivity index (χ0v) is 25.3. The van der Waals surface area contributed by atoms with E-state index in [2.05, 4.69) is 6.92 Å². The summed E-state index contributed by atoms with van der Waals surface area (Å²) in [6, 6.07) is 20.1. The second kappa shape index (κ2) is 14.3. The maximum atomic E-state index is 12.9. The van der Waals surface area contributed by atoms with Crippen LogP contribution in [-0.4, -0.2) is 52.8 Å². The van der Waals surface area contributed by atoms with Crippen LogP contribution in [0.1, 0.15) is 49.7 Å². The number of thioether (sulfide) groups is 2. The van der Waals surface area contributed by atoms with Gasteiger partial charge in [0.15, 0.2) is 0 Å². The topological polar surface area (TPSA) is 58.9 Å². The number of halogens is 5. The van der Waals surface area contributed by atoms with Gasteiger partial charge in [0.1, 0.15) is 23.0 Å². The SMILES string of the molecule is CC1(c2ccc(O)cc2)CSc2cc(O)ccc2C1CCCOc1ccc(OCCSCCCC(F)(F)C(F)(F)F)cc1. The van der Waals surface area contributed by atoms with Crippen molar-refractivity contribution in [1.29, 1.82) is 0 Å². The first-order chi connectivity index (χ1) is 20.4. The number of hydrogen-bond acceptors (Lipinski definition) is 6. The minimum Gasteiger partial charge on any atom is -0.508 e. The smallest absolute Gasteiger partial charge is 0.453 e. The van der Waals surface area contributed by atoms with Crippen LogP contribution in [0.3, 0.4) is 0 Å². The van der Waals surface area contributed by atoms with Gasteiger partial charge in [-0.25, -0.2) is 0 Å². The molecule has 43 heavy (non-hydrogen) atoms. The van der Waals surface area contributed by atoms with Crippen molar-refractivity contribution in [3.8, 4) is 23.0 Å². The Labute approximate surface area is 257 Å². The van der Waals surface area contributed by atoms with Gasteiger partial charge >= 0.3 is 12.1 Å². The first-order valence-corrected chi connectivity index (χ1v) is 16.2. The Balaban J connectivity index is 1.22. The van der Waals surface area contributed by atoms with Crippen LogP contribution in [-0.2, 0) is 5.41 Å². The molecule has 0 aliphatic carbocycles. The Kier molecular flexibility index (Phi) is 11.0. The molecule has 1 aliphatic rings. The molecule has 2 N–H and O–H groups in total. The lowest BCUT2D eigenvalue weighted by molar-refractivity contribution is -0.284. The molecule has 0 spiro atoms. The van der Waals surface area contributed by atoms with Crippen LogP contribution >= 0.6 is 23.5 Å². The fourth-order valence-corrected chi connectivity index (χ4v) is 7.33. The molecular weight excluding hydrogens is 607 g/mol. The fourth-order valence-electron chi connectivity index (χ4n) is 5.18. The van der Waals surface area contributed by atoms with Crippen LogP contribution in [0.4, 0.5) is 22.0 Å². The lowest BCUT2D eigenvalue weighted by atomic mass is 9.68. The first kappa shape index (κ1) is 33.1. The average molecular weight is 643 g/mol. The molecule has 2 atom stereocenters. The maximum absolute atomic E-state index is 12.9. The van der Waals surface area contributed by atoms with E-state index in [9.17, 15) is 32.2 Å². The highest BCUT2D eigenvalue weighted by atomic mass is 32.2. The van der Waals surface area contributed by atoms with E-state index in [1.807, 2.05) is 24.3 Å². The number of hydrogen-bond donors (Lipinski definition) is 2. The zero-order valence-electron chi connectivity index (χ0n) is 23.7. The Morgan fingerprint density at radius 3 is 2.12 bits per heavy atom. The molecule has 4 nitrogen and oxygen atoms in total. The second-order valence-electron chi connectivity index (χ2n) is 10.8. The van der Waals surface area contributed by atoms with Crippen molar-refractivity contribution in [3.05, 3.63) is 77.9 Å². The molecule has 0 amide bonds. The highest BCUT2D eigenvalue weighted by Gasteiger charge is 2.56. The summed E-state index contributed by atoms with van der Waals surface area (Å²) in [4.78, 5) is 1.08. The molecule has 0 aromatic heterocycles. The van der Waals surface area contributed by atoms with E-state index in [-0.39, 0.29) is 35.0 Å². The van der Waals surface area contributed by atoms with Gasteiger partial charge in [-0.05, 0) is 90.6 Å². The third-order valence-corrected chi connectivity index (χ3v) is 10.1. The fraction of sp³-hybridized carbons (Fsp3) is 0.438. The molecule has 0 saturated carbocycles. The molecule has 4 rings (SSSR count). The predicted molar refractivity (Wildman–Crippen MR) is 161 cm³/mol. The van der Waals surface area contributed by atoms with Crippen LogP contribution in [0, 0.1) is 0 Å². The van der Waals surface area contributed by atoms with E-state index in [4.69, 9.17) is 9.47 Å². The molecule has 1 aliphatic heterocycles. The van der Waals surface area contributed by atoms with Gasteiger partial charge in [0.2, 0.25) is 0 Å². The molecule has 0 bridgehead atoms. The van der Waals surface area contributed by atoms with Crippen LogP contribution in [0.5, 0.6) is 23.0 Å². The van der Waals surface area contributed by atoms with Gasteiger partial charge in [0, 0.05) is 28.2 Å². The summed E-state index contributed by atoms with van der Waals surface area (Å²) < 4.78 is 74.1. The number of aromatic hydroxyl groups is 2. The molecule has 234 valence electrons. The Hall–Kier alpha value is -2.79. The number of benzene rings is 3. The van der Waals surface area contributed by atoms with Crippen LogP contribution < -0.4 is 9.47 Å². The molecule has 1 heterocycles. The maximum Gasteiger partial charge on any atom is 0.453 e. The van der Waals surface area contributed by atoms with E-state index in [0.717, 1.165) is 29.1 Å². The van der Waals surface area contributed by atoms with Crippen molar-refractivity contribution in [2.24, 2.45) is 0 Å². The summed E-state index contributed by atoms with van der Waals surface area (Å²) in [6.45, 7) is 3.06. The first-order valence-electron chi connectivity index (χ1n) is 14.0. The molecule has 0 radical (unpaired) electrons. The normalized spacial score (nSPS) is 18.7. The highest BCUT2D eigenvalue weighted by Crippen LogP contribution is 2.52. The summed E-state index contributed by atoms with van der Waals surface area (Å²) in [5.41, 5.74) is 2.18. The molecule has 11 heteroatoms. The van der Waals surface area contributed by atoms with Crippen molar-refractivity contribution in [2.75, 3.05) is 30.5 Å². The zero-order chi connectivity index (χ0) is 31.1. The lowest BCUT2D eigenvalue weighted by Gasteiger charge is -2.43. The van der Waals surface area contributed by atoms with Crippen LogP contribution in [0.2, 0.25) is 0 Å². The number of alkyl halides is 5. The minimum atomic E-state index is -5.50. The number of phenols is 2. The number of ether oxygens (including phenoxy) is 2. The van der Waals surface area contributed by atoms with Gasteiger partial charge in [-0.3, -0.25) is 0 Å². The molecule has 3 aromatic carbocycles. The standard InChI is InChI=1S/C32H35F5O4S2/c1-30(22-5-7-23(38)8-6-22)21-43-29-20-24(39)9-14-27(29)28(30)4-2-16-40-25-10-12-26(13-11-25)41-17-19-42-18-3-15-31(33,34)32(35,36)37/h5-14,20,28,38-39H,2-4,15-19,21H2,1H3. The van der Waals surface area contributed by atoms with E-state index >= 15 is 0 Å². The summed E-state index contributed by atoms with van der Waals surface area (Å²) in [5, 5.41) is 19.8. The van der Waals surface area contributed by atoms with Crippen molar-refractivity contribution in [1.82, 2.24) is 0 Å². The number of phenolic OH excluding ortho intramolecular Hbond substituents is 2. The van der Waals surface area contributed by atoms with Gasteiger partial charge in [-0.1, -0.05) is 25.1 Å². The molecular formula is C32H35F5O4S2. The van der Waals surface area contributed by atoms with Crippen molar-refractivity contribution < 1.29 is 41.6 Å². The quantitative estimate of drug-likeness (QED) is 0.135. The summed E-state index contributed by atoms with van der Waals surface area (Å²) in [7, 11) is 0. The third-order valence-electron chi connectivity index (χ3n) is 7.62. The van der Waals surface area contributed by atoms with E-state index in [0.29, 0.717) is 30.5 Å². The summed E-state index contributed by atoms with van der Waals surface area (Å²) in [6.07, 6.45) is -5.27. The third kappa shape index (κ3) is 8.65. The van der Waals surface area contributed by atoms with Gasteiger partial charge in [-0.2, -0.15) is 33.7 Å². The Morgan fingerprint density at radius 1 is 0.837 bits per heavy atom. The van der Waals surface area contributed by atoms with Gasteiger partial charge in [0.25, 0.3) is 0 Å². The Bertz CT molecular complexity index is 1320. The van der Waals surface area contributed by atoms with Crippen molar-refractivity contribution in [3.63, 3.8) is 0 Å². The molecule has 2 unspecified atom stereocenters. The van der Waals surface area contributed by atoms with Crippen LogP contribution in [0.25, 0.3) is 0 Å². The largest absolute Gasteiger partial charge is 0.508 e. The van der Waals surface area contributed by atoms with E-state index in [1.54, 1.807) is 54.2 Å². The lowest BCUT2D eigenvalue weighted by Crippen LogP contribution is -2.36. The summed E-state index contributed by atoms with van der Waals surface area (Å²) >= 11 is 3.00. The van der Waals surface area contributed by atoms with Crippen molar-refractivity contribution >= 4 is 23.5 Å². The number of fused-ring (bicyclic) bond motifs is 1. The average Bonchev–Trinajstić information content (AvgIpc) is 2.96. The highest BCUT2D eigenvalue weighted by molar-refractivity contribution is 7.99. The number of rotatable bonds is 14. The van der Waals surface area contributed by atoms with Crippen LogP contribution in [0.15, 0.2) is 71.6 Å². The second-order valence-corrected chi connectivity index (χ2v) is 13.0. The molecule has 3 aromatic rings. The van der Waals surface area contributed by atoms with Gasteiger partial charge < -0.3 is 19.7 Å². The van der Waals surface area contributed by atoms with E-state index < -0.39 is 18.5 Å². The van der Waals surface area contributed by atoms with Crippen molar-refractivity contribution in [2.45, 2.75) is 60.9 Å². The molecule has 0 fully saturated rings. The van der Waals surface area contributed by atoms with Gasteiger partial charge in [0.05, 0.1) is 13.2 Å². The van der Waals surface area contributed by atoms with E-state index in [1.165, 1.54) is 17.3 Å². The minimum absolute atomic E-state index is 0.173. The predicted octanol–water partition coefficient (Wildman–Crippen LogP) is 9.19. The summed E-state index contributed by atoms with van der Waals surface area (Å²) in [5.74, 6) is -1.16. The monoisotopic (exact) mass is 642 g/mol.